The first-order chi connectivity index (χ1) is 11.9. The molecule has 25 heavy (non-hydrogen) atoms. The molecule has 0 saturated carbocycles. The van der Waals surface area contributed by atoms with E-state index in [0.717, 1.165) is 9.78 Å². The van der Waals surface area contributed by atoms with Crippen LogP contribution in [-0.4, -0.2) is 23.9 Å². The van der Waals surface area contributed by atoms with E-state index in [2.05, 4.69) is 11.9 Å². The Labute approximate surface area is 158 Å². The van der Waals surface area contributed by atoms with Gasteiger partial charge in [-0.05, 0) is 24.3 Å². The minimum Gasteiger partial charge on any atom is -0.320 e. The molecule has 132 valence electrons. The number of nitrogens with one attached hydrogen (secondary N) is 2. The van der Waals surface area contributed by atoms with Gasteiger partial charge in [-0.15, -0.1) is 11.3 Å². The summed E-state index contributed by atoms with van der Waals surface area (Å²) in [6.07, 6.45) is 1.75. The summed E-state index contributed by atoms with van der Waals surface area (Å²) in [5, 5.41) is 13.5. The molecular formula is C16H16Cl2N3O3S+. The predicted octanol–water partition coefficient (Wildman–Crippen LogP) is 3.17. The molecule has 1 atom stereocenters. The highest BCUT2D eigenvalue weighted by molar-refractivity contribution is 7.16. The molecule has 1 unspecified atom stereocenters. The number of thiophene rings is 1. The zero-order valence-corrected chi connectivity index (χ0v) is 15.5. The van der Waals surface area contributed by atoms with Gasteiger partial charge in [0.15, 0.2) is 6.54 Å². The molecule has 9 heteroatoms. The molecule has 1 aromatic heterocycles. The molecule has 1 amide bonds. The number of amides is 1. The van der Waals surface area contributed by atoms with Crippen molar-refractivity contribution < 1.29 is 14.6 Å². The number of carbonyl (C=O) groups excluding carboxylic acids is 1. The van der Waals surface area contributed by atoms with Gasteiger partial charge >= 0.3 is 0 Å². The molecule has 0 aliphatic carbocycles. The van der Waals surface area contributed by atoms with Crippen LogP contribution < -0.4 is 10.2 Å². The van der Waals surface area contributed by atoms with Crippen molar-refractivity contribution in [1.82, 2.24) is 0 Å². The minimum atomic E-state index is -0.542. The number of nitro groups is 1. The Balaban J connectivity index is 2.01. The van der Waals surface area contributed by atoms with E-state index in [1.807, 2.05) is 12.1 Å². The summed E-state index contributed by atoms with van der Waals surface area (Å²) in [5.41, 5.74) is 0.214. The van der Waals surface area contributed by atoms with Crippen molar-refractivity contribution in [3.8, 4) is 0 Å². The fourth-order valence-electron chi connectivity index (χ4n) is 2.24. The van der Waals surface area contributed by atoms with Gasteiger partial charge in [0.1, 0.15) is 6.54 Å². The highest BCUT2D eigenvalue weighted by Crippen LogP contribution is 2.26. The lowest BCUT2D eigenvalue weighted by Gasteiger charge is -2.17. The molecule has 0 aliphatic heterocycles. The Bertz CT molecular complexity index is 795. The molecule has 2 N–H and O–H groups in total. The van der Waals surface area contributed by atoms with Crippen LogP contribution in [0.15, 0.2) is 43.0 Å². The summed E-state index contributed by atoms with van der Waals surface area (Å²) in [5.74, 6) is -0.241. The maximum Gasteiger partial charge on any atom is 0.279 e. The van der Waals surface area contributed by atoms with Gasteiger partial charge in [0.25, 0.3) is 11.6 Å². The van der Waals surface area contributed by atoms with Crippen LogP contribution >= 0.6 is 34.5 Å². The number of halogens is 2. The van der Waals surface area contributed by atoms with Crippen LogP contribution in [0.3, 0.4) is 0 Å². The Kier molecular flexibility index (Phi) is 6.95. The van der Waals surface area contributed by atoms with E-state index in [1.54, 1.807) is 6.08 Å². The average molecular weight is 401 g/mol. The monoisotopic (exact) mass is 400 g/mol. The van der Waals surface area contributed by atoms with E-state index < -0.39 is 4.92 Å². The van der Waals surface area contributed by atoms with Crippen molar-refractivity contribution in [3.63, 3.8) is 0 Å². The fourth-order valence-corrected chi connectivity index (χ4v) is 3.63. The maximum atomic E-state index is 12.3. The van der Waals surface area contributed by atoms with E-state index in [1.165, 1.54) is 29.5 Å². The van der Waals surface area contributed by atoms with E-state index in [4.69, 9.17) is 23.2 Å². The van der Waals surface area contributed by atoms with Gasteiger partial charge in [0.2, 0.25) is 0 Å². The van der Waals surface area contributed by atoms with E-state index in [9.17, 15) is 14.9 Å². The minimum absolute atomic E-state index is 0.123. The average Bonchev–Trinajstić information content (AvgIpc) is 2.94. The van der Waals surface area contributed by atoms with Gasteiger partial charge < -0.3 is 10.2 Å². The van der Waals surface area contributed by atoms with Crippen molar-refractivity contribution in [2.45, 2.75) is 6.54 Å². The molecule has 2 rings (SSSR count). The summed E-state index contributed by atoms with van der Waals surface area (Å²) in [7, 11) is 0. The standard InChI is InChI=1S/C16H15Cl2N3O3S/c1-2-7-20(9-12-4-6-15(18)25-12)10-16(22)19-14-5-3-11(21(23)24)8-13(14)17/h2-6,8H,1,7,9-10H2,(H,19,22)/p+1. The van der Waals surface area contributed by atoms with Crippen LogP contribution in [0.2, 0.25) is 9.36 Å². The topological polar surface area (TPSA) is 76.7 Å². The molecule has 0 saturated heterocycles. The Hall–Kier alpha value is -1.93. The number of nitrogens with zero attached hydrogens (tertiary/aromatic N) is 1. The molecule has 0 spiro atoms. The first-order valence-corrected chi connectivity index (χ1v) is 8.88. The maximum absolute atomic E-state index is 12.3. The normalized spacial score (nSPS) is 11.8. The summed E-state index contributed by atoms with van der Waals surface area (Å²) in [6, 6.07) is 7.68. The van der Waals surface area contributed by atoms with Crippen LogP contribution in [0.5, 0.6) is 0 Å². The first-order valence-electron chi connectivity index (χ1n) is 7.31. The molecule has 0 radical (unpaired) electrons. The Morgan fingerprint density at radius 3 is 2.68 bits per heavy atom. The number of quaternary nitrogens is 1. The SMILES string of the molecule is C=CC[NH+](CC(=O)Nc1ccc([N+](=O)[O-])cc1Cl)Cc1ccc(Cl)s1. The molecule has 0 bridgehead atoms. The number of hydrogen-bond donors (Lipinski definition) is 2. The van der Waals surface area contributed by atoms with Crippen molar-refractivity contribution in [1.29, 1.82) is 0 Å². The summed E-state index contributed by atoms with van der Waals surface area (Å²) >= 11 is 13.4. The van der Waals surface area contributed by atoms with Crippen molar-refractivity contribution in [2.24, 2.45) is 0 Å². The Morgan fingerprint density at radius 1 is 1.36 bits per heavy atom. The van der Waals surface area contributed by atoms with Crippen LogP contribution in [0, 0.1) is 10.1 Å². The zero-order valence-electron chi connectivity index (χ0n) is 13.1. The molecule has 2 aromatic rings. The van der Waals surface area contributed by atoms with Crippen LogP contribution in [-0.2, 0) is 11.3 Å². The second kappa shape index (κ2) is 8.96. The summed E-state index contributed by atoms with van der Waals surface area (Å²) in [6.45, 7) is 5.17. The molecular weight excluding hydrogens is 385 g/mol. The zero-order chi connectivity index (χ0) is 18.4. The van der Waals surface area contributed by atoms with Crippen molar-refractivity contribution >= 4 is 51.8 Å². The molecule has 0 aliphatic rings. The number of non-ortho nitro benzene ring substituents is 1. The highest BCUT2D eigenvalue weighted by Gasteiger charge is 2.17. The van der Waals surface area contributed by atoms with Gasteiger partial charge in [-0.3, -0.25) is 14.9 Å². The molecule has 1 aromatic carbocycles. The number of nitro benzene ring substituents is 1. The second-order valence-corrected chi connectivity index (χ2v) is 7.48. The number of anilines is 1. The van der Waals surface area contributed by atoms with Crippen molar-refractivity contribution in [3.05, 3.63) is 67.3 Å². The number of carbonyl (C=O) groups is 1. The largest absolute Gasteiger partial charge is 0.320 e. The number of rotatable bonds is 8. The number of benzene rings is 1. The third-order valence-electron chi connectivity index (χ3n) is 3.33. The van der Waals surface area contributed by atoms with E-state index >= 15 is 0 Å². The third kappa shape index (κ3) is 5.82. The van der Waals surface area contributed by atoms with Gasteiger partial charge in [-0.1, -0.05) is 29.8 Å². The first kappa shape index (κ1) is 19.4. The van der Waals surface area contributed by atoms with Gasteiger partial charge in [-0.25, -0.2) is 0 Å². The lowest BCUT2D eigenvalue weighted by molar-refractivity contribution is -0.899. The van der Waals surface area contributed by atoms with Gasteiger partial charge in [-0.2, -0.15) is 0 Å². The second-order valence-electron chi connectivity index (χ2n) is 5.27. The molecule has 6 nitrogen and oxygen atoms in total. The number of hydrogen-bond acceptors (Lipinski definition) is 4. The predicted molar refractivity (Wildman–Crippen MR) is 101 cm³/mol. The molecule has 0 fully saturated rings. The van der Waals surface area contributed by atoms with E-state index in [-0.39, 0.29) is 23.2 Å². The summed E-state index contributed by atoms with van der Waals surface area (Å²) in [4.78, 5) is 24.5. The van der Waals surface area contributed by atoms with Crippen LogP contribution in [0.1, 0.15) is 4.88 Å². The van der Waals surface area contributed by atoms with Gasteiger partial charge in [0.05, 0.1) is 31.4 Å². The van der Waals surface area contributed by atoms with Crippen molar-refractivity contribution in [2.75, 3.05) is 18.4 Å². The fraction of sp³-hybridized carbons (Fsp3) is 0.188. The van der Waals surface area contributed by atoms with E-state index in [0.29, 0.717) is 23.1 Å². The van der Waals surface area contributed by atoms with Crippen LogP contribution in [0.25, 0.3) is 0 Å². The Morgan fingerprint density at radius 2 is 2.12 bits per heavy atom. The molecule has 1 heterocycles. The smallest absolute Gasteiger partial charge is 0.279 e. The van der Waals surface area contributed by atoms with Crippen LogP contribution in [0.4, 0.5) is 11.4 Å². The quantitative estimate of drug-likeness (QED) is 0.405. The lowest BCUT2D eigenvalue weighted by Crippen LogP contribution is -3.11. The lowest BCUT2D eigenvalue weighted by atomic mass is 10.2. The third-order valence-corrected chi connectivity index (χ3v) is 4.88. The van der Waals surface area contributed by atoms with Gasteiger partial charge in [0, 0.05) is 12.1 Å². The highest BCUT2D eigenvalue weighted by atomic mass is 35.5. The summed E-state index contributed by atoms with van der Waals surface area (Å²) < 4.78 is 0.704.